The predicted octanol–water partition coefficient (Wildman–Crippen LogP) is 4.18. The summed E-state index contributed by atoms with van der Waals surface area (Å²) < 4.78 is 0. The van der Waals surface area contributed by atoms with E-state index in [-0.39, 0.29) is 6.42 Å². The molecule has 2 heteroatoms. The molecular formula is C18H20O2. The number of benzene rings is 2. The molecule has 0 saturated heterocycles. The number of carboxylic acid groups (broad SMARTS) is 1. The summed E-state index contributed by atoms with van der Waals surface area (Å²) in [6, 6.07) is 16.3. The fraction of sp³-hybridized carbons (Fsp3) is 0.278. The van der Waals surface area contributed by atoms with Gasteiger partial charge < -0.3 is 5.11 Å². The van der Waals surface area contributed by atoms with Gasteiger partial charge in [-0.15, -0.1) is 0 Å². The monoisotopic (exact) mass is 268 g/mol. The molecule has 1 N–H and O–H groups in total. The summed E-state index contributed by atoms with van der Waals surface area (Å²) in [5.74, 6) is -0.144. The van der Waals surface area contributed by atoms with Crippen LogP contribution in [0.2, 0.25) is 0 Å². The lowest BCUT2D eigenvalue weighted by atomic mass is 9.98. The Morgan fingerprint density at radius 2 is 1.70 bits per heavy atom. The second kappa shape index (κ2) is 6.38. The van der Waals surface area contributed by atoms with Crippen molar-refractivity contribution < 1.29 is 9.90 Å². The average molecular weight is 268 g/mol. The Hall–Kier alpha value is -2.09. The lowest BCUT2D eigenvalue weighted by Gasteiger charge is -2.07. The van der Waals surface area contributed by atoms with Crippen LogP contribution in [0.1, 0.15) is 25.0 Å². The van der Waals surface area contributed by atoms with Crippen molar-refractivity contribution >= 4 is 5.97 Å². The van der Waals surface area contributed by atoms with Gasteiger partial charge in [0.25, 0.3) is 0 Å². The van der Waals surface area contributed by atoms with Gasteiger partial charge in [0, 0.05) is 0 Å². The molecule has 2 aromatic rings. The third-order valence-corrected chi connectivity index (χ3v) is 3.21. The SMILES string of the molecule is CC(C)Cc1ccc(-c2cccc(CC(=O)O)c2)cc1. The van der Waals surface area contributed by atoms with E-state index in [2.05, 4.69) is 38.1 Å². The Labute approximate surface area is 120 Å². The summed E-state index contributed by atoms with van der Waals surface area (Å²) in [6.45, 7) is 4.42. The number of hydrogen-bond acceptors (Lipinski definition) is 1. The number of rotatable bonds is 5. The molecule has 0 aliphatic heterocycles. The average Bonchev–Trinajstić information content (AvgIpc) is 2.38. The van der Waals surface area contributed by atoms with E-state index < -0.39 is 5.97 Å². The molecule has 0 unspecified atom stereocenters. The predicted molar refractivity (Wildman–Crippen MR) is 81.8 cm³/mol. The first-order valence-electron chi connectivity index (χ1n) is 6.94. The van der Waals surface area contributed by atoms with E-state index in [9.17, 15) is 4.79 Å². The minimum absolute atomic E-state index is 0.0687. The molecule has 104 valence electrons. The fourth-order valence-electron chi connectivity index (χ4n) is 2.34. The van der Waals surface area contributed by atoms with Crippen molar-refractivity contribution in [3.05, 3.63) is 59.7 Å². The Morgan fingerprint density at radius 1 is 1.00 bits per heavy atom. The molecule has 20 heavy (non-hydrogen) atoms. The molecule has 0 fully saturated rings. The highest BCUT2D eigenvalue weighted by Gasteiger charge is 2.04. The van der Waals surface area contributed by atoms with E-state index >= 15 is 0 Å². The van der Waals surface area contributed by atoms with Crippen LogP contribution in [0, 0.1) is 5.92 Å². The smallest absolute Gasteiger partial charge is 0.307 e. The third-order valence-electron chi connectivity index (χ3n) is 3.21. The van der Waals surface area contributed by atoms with Gasteiger partial charge in [-0.2, -0.15) is 0 Å². The van der Waals surface area contributed by atoms with E-state index in [0.717, 1.165) is 23.1 Å². The first kappa shape index (κ1) is 14.3. The van der Waals surface area contributed by atoms with Gasteiger partial charge in [0.05, 0.1) is 6.42 Å². The molecular weight excluding hydrogens is 248 g/mol. The molecule has 0 aromatic heterocycles. The van der Waals surface area contributed by atoms with Crippen molar-refractivity contribution in [1.29, 1.82) is 0 Å². The largest absolute Gasteiger partial charge is 0.481 e. The van der Waals surface area contributed by atoms with Gasteiger partial charge in [0.15, 0.2) is 0 Å². The molecule has 2 aromatic carbocycles. The molecule has 0 aliphatic carbocycles. The Bertz CT molecular complexity index is 583. The molecule has 0 bridgehead atoms. The van der Waals surface area contributed by atoms with E-state index in [1.807, 2.05) is 24.3 Å². The number of aliphatic carboxylic acids is 1. The molecule has 2 rings (SSSR count). The fourth-order valence-corrected chi connectivity index (χ4v) is 2.34. The van der Waals surface area contributed by atoms with Gasteiger partial charge in [0.2, 0.25) is 0 Å². The summed E-state index contributed by atoms with van der Waals surface area (Å²) in [4.78, 5) is 10.8. The molecule has 0 aliphatic rings. The second-order valence-electron chi connectivity index (χ2n) is 5.57. The van der Waals surface area contributed by atoms with Gasteiger partial charge in [0.1, 0.15) is 0 Å². The van der Waals surface area contributed by atoms with Crippen molar-refractivity contribution in [3.8, 4) is 11.1 Å². The van der Waals surface area contributed by atoms with Crippen LogP contribution >= 0.6 is 0 Å². The van der Waals surface area contributed by atoms with Crippen LogP contribution < -0.4 is 0 Å². The molecule has 0 heterocycles. The Balaban J connectivity index is 2.20. The minimum atomic E-state index is -0.797. The first-order chi connectivity index (χ1) is 9.54. The van der Waals surface area contributed by atoms with E-state index in [4.69, 9.17) is 5.11 Å². The lowest BCUT2D eigenvalue weighted by molar-refractivity contribution is -0.136. The maximum absolute atomic E-state index is 10.8. The van der Waals surface area contributed by atoms with Crippen LogP contribution in [0.4, 0.5) is 0 Å². The zero-order chi connectivity index (χ0) is 14.5. The highest BCUT2D eigenvalue weighted by molar-refractivity contribution is 5.72. The van der Waals surface area contributed by atoms with Crippen LogP contribution in [0.3, 0.4) is 0 Å². The minimum Gasteiger partial charge on any atom is -0.481 e. The quantitative estimate of drug-likeness (QED) is 0.883. The Kier molecular flexibility index (Phi) is 4.57. The summed E-state index contributed by atoms with van der Waals surface area (Å²) in [5.41, 5.74) is 4.37. The summed E-state index contributed by atoms with van der Waals surface area (Å²) >= 11 is 0. The highest BCUT2D eigenvalue weighted by atomic mass is 16.4. The molecule has 0 amide bonds. The topological polar surface area (TPSA) is 37.3 Å². The van der Waals surface area contributed by atoms with Crippen molar-refractivity contribution in [1.82, 2.24) is 0 Å². The lowest BCUT2D eigenvalue weighted by Crippen LogP contribution is -1.99. The van der Waals surface area contributed by atoms with Gasteiger partial charge >= 0.3 is 5.97 Å². The van der Waals surface area contributed by atoms with Gasteiger partial charge in [-0.1, -0.05) is 62.4 Å². The van der Waals surface area contributed by atoms with E-state index in [1.165, 1.54) is 5.56 Å². The van der Waals surface area contributed by atoms with Crippen molar-refractivity contribution in [2.45, 2.75) is 26.7 Å². The molecule has 0 spiro atoms. The van der Waals surface area contributed by atoms with Crippen molar-refractivity contribution in [2.24, 2.45) is 5.92 Å². The molecule has 0 saturated carbocycles. The van der Waals surface area contributed by atoms with Crippen LogP contribution in [0.5, 0.6) is 0 Å². The van der Waals surface area contributed by atoms with E-state index in [1.54, 1.807) is 0 Å². The summed E-state index contributed by atoms with van der Waals surface area (Å²) in [5, 5.41) is 8.85. The summed E-state index contributed by atoms with van der Waals surface area (Å²) in [6.07, 6.45) is 1.15. The van der Waals surface area contributed by atoms with E-state index in [0.29, 0.717) is 5.92 Å². The normalized spacial score (nSPS) is 10.8. The number of carbonyl (C=O) groups is 1. The summed E-state index contributed by atoms with van der Waals surface area (Å²) in [7, 11) is 0. The van der Waals surface area contributed by atoms with Crippen molar-refractivity contribution in [3.63, 3.8) is 0 Å². The van der Waals surface area contributed by atoms with Gasteiger partial charge in [-0.25, -0.2) is 0 Å². The molecule has 2 nitrogen and oxygen atoms in total. The Morgan fingerprint density at radius 3 is 2.30 bits per heavy atom. The maximum atomic E-state index is 10.8. The second-order valence-corrected chi connectivity index (χ2v) is 5.57. The third kappa shape index (κ3) is 3.95. The van der Waals surface area contributed by atoms with Crippen LogP contribution in [-0.4, -0.2) is 11.1 Å². The van der Waals surface area contributed by atoms with Gasteiger partial charge in [-0.05, 0) is 34.6 Å². The van der Waals surface area contributed by atoms with Gasteiger partial charge in [-0.3, -0.25) is 4.79 Å². The van der Waals surface area contributed by atoms with Crippen LogP contribution in [0.25, 0.3) is 11.1 Å². The van der Waals surface area contributed by atoms with Crippen LogP contribution in [0.15, 0.2) is 48.5 Å². The number of hydrogen-bond donors (Lipinski definition) is 1. The van der Waals surface area contributed by atoms with Crippen molar-refractivity contribution in [2.75, 3.05) is 0 Å². The standard InChI is InChI=1S/C18H20O2/c1-13(2)10-14-6-8-16(9-7-14)17-5-3-4-15(11-17)12-18(19)20/h3-9,11,13H,10,12H2,1-2H3,(H,19,20). The number of carboxylic acids is 1. The zero-order valence-corrected chi connectivity index (χ0v) is 12.0. The first-order valence-corrected chi connectivity index (χ1v) is 6.94. The maximum Gasteiger partial charge on any atom is 0.307 e. The van der Waals surface area contributed by atoms with Crippen LogP contribution in [-0.2, 0) is 17.6 Å². The highest BCUT2D eigenvalue weighted by Crippen LogP contribution is 2.22. The molecule has 0 radical (unpaired) electrons. The zero-order valence-electron chi connectivity index (χ0n) is 12.0. The molecule has 0 atom stereocenters.